The number of aliphatic hydroxyl groups excluding tert-OH is 1. The first kappa shape index (κ1) is 12.9. The Bertz CT molecular complexity index is 503. The van der Waals surface area contributed by atoms with E-state index in [-0.39, 0.29) is 5.91 Å². The highest BCUT2D eigenvalue weighted by atomic mass is 32.1. The second-order valence-corrected chi connectivity index (χ2v) is 5.03. The number of nitrogens with one attached hydrogen (secondary N) is 1. The lowest BCUT2D eigenvalue weighted by molar-refractivity contribution is 0.0949. The Balaban J connectivity index is 2.05. The summed E-state index contributed by atoms with van der Waals surface area (Å²) in [6.07, 6.45) is 4.00. The molecule has 2 heterocycles. The van der Waals surface area contributed by atoms with E-state index in [9.17, 15) is 4.79 Å². The molecule has 2 N–H and O–H groups in total. The van der Waals surface area contributed by atoms with Crippen LogP contribution >= 0.6 is 11.3 Å². The van der Waals surface area contributed by atoms with E-state index in [0.717, 1.165) is 5.69 Å². The number of hydrogen-bond donors (Lipinski definition) is 2. The molecule has 0 aliphatic heterocycles. The zero-order valence-electron chi connectivity index (χ0n) is 10.2. The van der Waals surface area contributed by atoms with Crippen LogP contribution in [0.25, 0.3) is 5.69 Å². The van der Waals surface area contributed by atoms with Gasteiger partial charge in [-0.15, -0.1) is 11.3 Å². The van der Waals surface area contributed by atoms with Crippen molar-refractivity contribution in [3.63, 3.8) is 0 Å². The van der Waals surface area contributed by atoms with Gasteiger partial charge in [0, 0.05) is 18.9 Å². The van der Waals surface area contributed by atoms with Crippen LogP contribution in [0.1, 0.15) is 23.0 Å². The Labute approximate surface area is 110 Å². The molecule has 0 aliphatic carbocycles. The number of hydrogen-bond acceptors (Lipinski definition) is 3. The molecule has 1 amide bonds. The van der Waals surface area contributed by atoms with E-state index in [0.29, 0.717) is 17.8 Å². The van der Waals surface area contributed by atoms with E-state index >= 15 is 0 Å². The number of aliphatic hydroxyl groups is 1. The van der Waals surface area contributed by atoms with E-state index in [1.165, 1.54) is 11.3 Å². The Morgan fingerprint density at radius 1 is 1.50 bits per heavy atom. The zero-order chi connectivity index (χ0) is 13.0. The fourth-order valence-electron chi connectivity index (χ4n) is 1.65. The van der Waals surface area contributed by atoms with Crippen LogP contribution in [0.15, 0.2) is 36.0 Å². The largest absolute Gasteiger partial charge is 0.393 e. The van der Waals surface area contributed by atoms with Crippen molar-refractivity contribution in [2.75, 3.05) is 6.54 Å². The van der Waals surface area contributed by atoms with Crippen LogP contribution in [0, 0.1) is 0 Å². The maximum atomic E-state index is 12.0. The van der Waals surface area contributed by atoms with Gasteiger partial charge in [0.15, 0.2) is 0 Å². The summed E-state index contributed by atoms with van der Waals surface area (Å²) < 4.78 is 1.92. The Kier molecular flexibility index (Phi) is 4.17. The van der Waals surface area contributed by atoms with Crippen molar-refractivity contribution in [3.05, 3.63) is 40.8 Å². The minimum absolute atomic E-state index is 0.0886. The van der Waals surface area contributed by atoms with Crippen LogP contribution in [0.2, 0.25) is 0 Å². The molecule has 0 spiro atoms. The maximum Gasteiger partial charge on any atom is 0.263 e. The summed E-state index contributed by atoms with van der Waals surface area (Å²) in [5.41, 5.74) is 0.888. The second-order valence-electron chi connectivity index (χ2n) is 4.12. The fourth-order valence-corrected chi connectivity index (χ4v) is 2.45. The predicted octanol–water partition coefficient (Wildman–Crippen LogP) is 2.04. The van der Waals surface area contributed by atoms with Crippen molar-refractivity contribution in [2.24, 2.45) is 0 Å². The SMILES string of the molecule is CC(O)CCNC(=O)c1sccc1-n1cccc1. The molecule has 96 valence electrons. The van der Waals surface area contributed by atoms with Crippen LogP contribution < -0.4 is 5.32 Å². The summed E-state index contributed by atoms with van der Waals surface area (Å²) in [4.78, 5) is 12.7. The van der Waals surface area contributed by atoms with Gasteiger partial charge in [-0.2, -0.15) is 0 Å². The Morgan fingerprint density at radius 2 is 2.22 bits per heavy atom. The first-order valence-corrected chi connectivity index (χ1v) is 6.73. The first-order valence-electron chi connectivity index (χ1n) is 5.85. The summed E-state index contributed by atoms with van der Waals surface area (Å²) in [6, 6.07) is 5.77. The molecule has 0 aromatic carbocycles. The van der Waals surface area contributed by atoms with Crippen LogP contribution in [-0.4, -0.2) is 28.2 Å². The molecule has 2 rings (SSSR count). The molecular weight excluding hydrogens is 248 g/mol. The average molecular weight is 264 g/mol. The number of nitrogens with zero attached hydrogens (tertiary/aromatic N) is 1. The molecule has 0 aliphatic rings. The van der Waals surface area contributed by atoms with Crippen LogP contribution in [0.4, 0.5) is 0 Å². The highest BCUT2D eigenvalue weighted by Crippen LogP contribution is 2.21. The molecule has 1 atom stereocenters. The van der Waals surface area contributed by atoms with E-state index < -0.39 is 6.10 Å². The molecule has 1 unspecified atom stereocenters. The Hall–Kier alpha value is -1.59. The van der Waals surface area contributed by atoms with Gasteiger partial charge in [-0.25, -0.2) is 0 Å². The van der Waals surface area contributed by atoms with Crippen LogP contribution in [0.5, 0.6) is 0 Å². The van der Waals surface area contributed by atoms with Crippen LogP contribution in [0.3, 0.4) is 0 Å². The van der Waals surface area contributed by atoms with Gasteiger partial charge in [-0.05, 0) is 36.9 Å². The molecule has 0 saturated heterocycles. The minimum Gasteiger partial charge on any atom is -0.393 e. The van der Waals surface area contributed by atoms with Gasteiger partial charge in [-0.1, -0.05) is 0 Å². The second kappa shape index (κ2) is 5.84. The molecule has 0 bridgehead atoms. The molecule has 0 radical (unpaired) electrons. The molecule has 5 heteroatoms. The van der Waals surface area contributed by atoms with Crippen LogP contribution in [-0.2, 0) is 0 Å². The molecule has 2 aromatic rings. The number of carbonyl (C=O) groups excluding carboxylic acids is 1. The number of carbonyl (C=O) groups is 1. The van der Waals surface area contributed by atoms with E-state index in [4.69, 9.17) is 5.11 Å². The lowest BCUT2D eigenvalue weighted by Gasteiger charge is -2.08. The predicted molar refractivity (Wildman–Crippen MR) is 72.3 cm³/mol. The Morgan fingerprint density at radius 3 is 2.89 bits per heavy atom. The van der Waals surface area contributed by atoms with Gasteiger partial charge in [-0.3, -0.25) is 4.79 Å². The topological polar surface area (TPSA) is 54.3 Å². The standard InChI is InChI=1S/C13H16N2O2S/c1-10(16)4-6-14-13(17)12-11(5-9-18-12)15-7-2-3-8-15/h2-3,5,7-10,16H,4,6H2,1H3,(H,14,17). The molecule has 2 aromatic heterocycles. The number of thiophene rings is 1. The average Bonchev–Trinajstić information content (AvgIpc) is 2.99. The minimum atomic E-state index is -0.391. The number of aromatic nitrogens is 1. The van der Waals surface area contributed by atoms with Gasteiger partial charge < -0.3 is 15.0 Å². The van der Waals surface area contributed by atoms with Gasteiger partial charge in [0.1, 0.15) is 4.88 Å². The first-order chi connectivity index (χ1) is 8.68. The van der Waals surface area contributed by atoms with E-state index in [1.54, 1.807) is 6.92 Å². The number of rotatable bonds is 5. The van der Waals surface area contributed by atoms with Gasteiger partial charge in [0.05, 0.1) is 11.8 Å². The third-order valence-corrected chi connectivity index (χ3v) is 3.48. The number of amides is 1. The summed E-state index contributed by atoms with van der Waals surface area (Å²) in [7, 11) is 0. The van der Waals surface area contributed by atoms with Crippen molar-refractivity contribution in [1.82, 2.24) is 9.88 Å². The van der Waals surface area contributed by atoms with Crippen molar-refractivity contribution in [2.45, 2.75) is 19.4 Å². The van der Waals surface area contributed by atoms with Crippen molar-refractivity contribution >= 4 is 17.2 Å². The smallest absolute Gasteiger partial charge is 0.263 e. The fraction of sp³-hybridized carbons (Fsp3) is 0.308. The molecule has 0 saturated carbocycles. The van der Waals surface area contributed by atoms with Crippen molar-refractivity contribution in [1.29, 1.82) is 0 Å². The zero-order valence-corrected chi connectivity index (χ0v) is 11.0. The lowest BCUT2D eigenvalue weighted by atomic mass is 10.3. The molecular formula is C13H16N2O2S. The molecule has 18 heavy (non-hydrogen) atoms. The molecule has 0 fully saturated rings. The van der Waals surface area contributed by atoms with E-state index in [2.05, 4.69) is 5.32 Å². The quantitative estimate of drug-likeness (QED) is 0.868. The summed E-state index contributed by atoms with van der Waals surface area (Å²) in [6.45, 7) is 2.20. The lowest BCUT2D eigenvalue weighted by Crippen LogP contribution is -2.26. The van der Waals surface area contributed by atoms with Gasteiger partial charge in [0.2, 0.25) is 0 Å². The van der Waals surface area contributed by atoms with Crippen molar-refractivity contribution in [3.8, 4) is 5.69 Å². The monoisotopic (exact) mass is 264 g/mol. The van der Waals surface area contributed by atoms with Gasteiger partial charge >= 0.3 is 0 Å². The summed E-state index contributed by atoms with van der Waals surface area (Å²) in [5, 5.41) is 13.9. The maximum absolute atomic E-state index is 12.0. The summed E-state index contributed by atoms with van der Waals surface area (Å²) >= 11 is 1.42. The normalized spacial score (nSPS) is 12.3. The van der Waals surface area contributed by atoms with E-state index in [1.807, 2.05) is 40.5 Å². The van der Waals surface area contributed by atoms with Gasteiger partial charge in [0.25, 0.3) is 5.91 Å². The van der Waals surface area contributed by atoms with Crippen molar-refractivity contribution < 1.29 is 9.90 Å². The highest BCUT2D eigenvalue weighted by Gasteiger charge is 2.13. The third-order valence-electron chi connectivity index (χ3n) is 2.58. The summed E-state index contributed by atoms with van der Waals surface area (Å²) in [5.74, 6) is -0.0886. The molecule has 4 nitrogen and oxygen atoms in total. The highest BCUT2D eigenvalue weighted by molar-refractivity contribution is 7.12. The third kappa shape index (κ3) is 3.00.